The van der Waals surface area contributed by atoms with Gasteiger partial charge in [-0.15, -0.1) is 0 Å². The fourth-order valence-corrected chi connectivity index (χ4v) is 2.67. The minimum absolute atomic E-state index is 0.464. The second-order valence-electron chi connectivity index (χ2n) is 5.49. The van der Waals surface area contributed by atoms with Gasteiger partial charge < -0.3 is 5.11 Å². The van der Waals surface area contributed by atoms with E-state index in [2.05, 4.69) is 31.1 Å². The molecule has 2 rings (SSSR count). The summed E-state index contributed by atoms with van der Waals surface area (Å²) in [7, 11) is 1.94. The Bertz CT molecular complexity index is 587. The Morgan fingerprint density at radius 2 is 2.05 bits per heavy atom. The number of hydrogen-bond donors (Lipinski definition) is 1. The Kier molecular flexibility index (Phi) is 4.61. The van der Waals surface area contributed by atoms with Crippen LogP contribution in [0, 0.1) is 13.8 Å². The first-order valence-corrected chi connectivity index (χ1v) is 7.29. The van der Waals surface area contributed by atoms with Gasteiger partial charge in [0.05, 0.1) is 11.8 Å². The zero-order valence-electron chi connectivity index (χ0n) is 12.8. The molecule has 0 bridgehead atoms. The summed E-state index contributed by atoms with van der Waals surface area (Å²) in [6, 6.07) is 8.28. The maximum Gasteiger partial charge on any atom is 0.0831 e. The molecule has 0 fully saturated rings. The van der Waals surface area contributed by atoms with E-state index >= 15 is 0 Å². The predicted octanol–water partition coefficient (Wildman–Crippen LogP) is 3.27. The molecule has 0 aliphatic heterocycles. The molecule has 1 atom stereocenters. The SMILES string of the molecule is CCCc1cccc(C(O)Cc2c(C)nn(C)c2C)c1. The van der Waals surface area contributed by atoms with Crippen LogP contribution in [0.25, 0.3) is 0 Å². The summed E-state index contributed by atoms with van der Waals surface area (Å²) in [4.78, 5) is 0. The molecular weight excluding hydrogens is 248 g/mol. The lowest BCUT2D eigenvalue weighted by Crippen LogP contribution is -2.04. The predicted molar refractivity (Wildman–Crippen MR) is 81.8 cm³/mol. The third-order valence-corrected chi connectivity index (χ3v) is 3.93. The Balaban J connectivity index is 2.19. The monoisotopic (exact) mass is 272 g/mol. The van der Waals surface area contributed by atoms with Gasteiger partial charge in [-0.25, -0.2) is 0 Å². The number of aromatic nitrogens is 2. The van der Waals surface area contributed by atoms with E-state index in [4.69, 9.17) is 0 Å². The first-order valence-electron chi connectivity index (χ1n) is 7.29. The molecule has 0 amide bonds. The van der Waals surface area contributed by atoms with Gasteiger partial charge in [-0.05, 0) is 37.0 Å². The van der Waals surface area contributed by atoms with Crippen molar-refractivity contribution in [2.45, 2.75) is 46.1 Å². The molecule has 3 nitrogen and oxygen atoms in total. The van der Waals surface area contributed by atoms with Crippen molar-refractivity contribution in [3.63, 3.8) is 0 Å². The number of aryl methyl sites for hydroxylation is 3. The Morgan fingerprint density at radius 1 is 1.30 bits per heavy atom. The number of benzene rings is 1. The van der Waals surface area contributed by atoms with Gasteiger partial charge in [-0.3, -0.25) is 4.68 Å². The van der Waals surface area contributed by atoms with Gasteiger partial charge in [0.15, 0.2) is 0 Å². The standard InChI is InChI=1S/C17H24N2O/c1-5-7-14-8-6-9-15(10-14)17(20)11-16-12(2)18-19(4)13(16)3/h6,8-10,17,20H,5,7,11H2,1-4H3. The molecular formula is C17H24N2O. The molecule has 1 unspecified atom stereocenters. The molecule has 3 heteroatoms. The van der Waals surface area contributed by atoms with E-state index in [-0.39, 0.29) is 0 Å². The van der Waals surface area contributed by atoms with E-state index in [1.54, 1.807) is 0 Å². The molecule has 1 aromatic heterocycles. The molecule has 20 heavy (non-hydrogen) atoms. The van der Waals surface area contributed by atoms with Crippen LogP contribution in [0.3, 0.4) is 0 Å². The van der Waals surface area contributed by atoms with Crippen LogP contribution in [0.2, 0.25) is 0 Å². The molecule has 0 saturated carbocycles. The van der Waals surface area contributed by atoms with E-state index in [0.717, 1.165) is 35.4 Å². The van der Waals surface area contributed by atoms with Crippen molar-refractivity contribution in [3.8, 4) is 0 Å². The second-order valence-corrected chi connectivity index (χ2v) is 5.49. The van der Waals surface area contributed by atoms with E-state index in [9.17, 15) is 5.11 Å². The van der Waals surface area contributed by atoms with Crippen molar-refractivity contribution >= 4 is 0 Å². The third kappa shape index (κ3) is 3.10. The molecule has 1 heterocycles. The van der Waals surface area contributed by atoms with Gasteiger partial charge in [0.1, 0.15) is 0 Å². The maximum atomic E-state index is 10.5. The Morgan fingerprint density at radius 3 is 2.65 bits per heavy atom. The summed E-state index contributed by atoms with van der Waals surface area (Å²) >= 11 is 0. The van der Waals surface area contributed by atoms with Crippen molar-refractivity contribution in [3.05, 3.63) is 52.3 Å². The first-order chi connectivity index (χ1) is 9.52. The third-order valence-electron chi connectivity index (χ3n) is 3.93. The highest BCUT2D eigenvalue weighted by molar-refractivity contribution is 5.30. The molecule has 108 valence electrons. The number of aliphatic hydroxyl groups is 1. The lowest BCUT2D eigenvalue weighted by molar-refractivity contribution is 0.178. The van der Waals surface area contributed by atoms with Crippen molar-refractivity contribution in [1.29, 1.82) is 0 Å². The minimum atomic E-state index is -0.464. The summed E-state index contributed by atoms with van der Waals surface area (Å²) in [6.07, 6.45) is 2.35. The van der Waals surface area contributed by atoms with Crippen LogP contribution in [-0.2, 0) is 19.9 Å². The van der Waals surface area contributed by atoms with Crippen LogP contribution in [0.15, 0.2) is 24.3 Å². The van der Waals surface area contributed by atoms with Gasteiger partial charge in [0, 0.05) is 19.2 Å². The van der Waals surface area contributed by atoms with Gasteiger partial charge in [0.2, 0.25) is 0 Å². The topological polar surface area (TPSA) is 38.1 Å². The van der Waals surface area contributed by atoms with Gasteiger partial charge >= 0.3 is 0 Å². The number of hydrogen-bond acceptors (Lipinski definition) is 2. The fourth-order valence-electron chi connectivity index (χ4n) is 2.67. The molecule has 0 spiro atoms. The summed E-state index contributed by atoms with van der Waals surface area (Å²) < 4.78 is 1.88. The fraction of sp³-hybridized carbons (Fsp3) is 0.471. The quantitative estimate of drug-likeness (QED) is 0.907. The second kappa shape index (κ2) is 6.23. The average Bonchev–Trinajstić information content (AvgIpc) is 2.66. The van der Waals surface area contributed by atoms with Gasteiger partial charge in [0.25, 0.3) is 0 Å². The lowest BCUT2D eigenvalue weighted by atomic mass is 9.98. The molecule has 0 radical (unpaired) electrons. The van der Waals surface area contributed by atoms with Crippen molar-refractivity contribution in [2.24, 2.45) is 7.05 Å². The number of nitrogens with zero attached hydrogens (tertiary/aromatic N) is 2. The van der Waals surface area contributed by atoms with Crippen LogP contribution >= 0.6 is 0 Å². The highest BCUT2D eigenvalue weighted by Gasteiger charge is 2.15. The molecule has 0 saturated heterocycles. The van der Waals surface area contributed by atoms with Crippen molar-refractivity contribution in [1.82, 2.24) is 9.78 Å². The minimum Gasteiger partial charge on any atom is -0.388 e. The molecule has 0 aliphatic carbocycles. The lowest BCUT2D eigenvalue weighted by Gasteiger charge is -2.13. The summed E-state index contributed by atoms with van der Waals surface area (Å²) in [6.45, 7) is 6.23. The molecule has 2 aromatic rings. The van der Waals surface area contributed by atoms with Crippen LogP contribution in [-0.4, -0.2) is 14.9 Å². The van der Waals surface area contributed by atoms with E-state index < -0.39 is 6.10 Å². The summed E-state index contributed by atoms with van der Waals surface area (Å²) in [5, 5.41) is 14.9. The Hall–Kier alpha value is -1.61. The van der Waals surface area contributed by atoms with Crippen LogP contribution in [0.1, 0.15) is 47.5 Å². The summed E-state index contributed by atoms with van der Waals surface area (Å²) in [5.41, 5.74) is 5.59. The van der Waals surface area contributed by atoms with Crippen molar-refractivity contribution in [2.75, 3.05) is 0 Å². The maximum absolute atomic E-state index is 10.5. The highest BCUT2D eigenvalue weighted by atomic mass is 16.3. The molecule has 1 aromatic carbocycles. The first kappa shape index (κ1) is 14.8. The average molecular weight is 272 g/mol. The van der Waals surface area contributed by atoms with Crippen LogP contribution in [0.4, 0.5) is 0 Å². The van der Waals surface area contributed by atoms with Crippen molar-refractivity contribution < 1.29 is 5.11 Å². The summed E-state index contributed by atoms with van der Waals surface area (Å²) in [5.74, 6) is 0. The normalized spacial score (nSPS) is 12.7. The molecule has 0 aliphatic rings. The van der Waals surface area contributed by atoms with Gasteiger partial charge in [-0.1, -0.05) is 37.6 Å². The largest absolute Gasteiger partial charge is 0.388 e. The zero-order valence-corrected chi connectivity index (χ0v) is 12.8. The number of rotatable bonds is 5. The number of aliphatic hydroxyl groups excluding tert-OH is 1. The van der Waals surface area contributed by atoms with Gasteiger partial charge in [-0.2, -0.15) is 5.10 Å². The van der Waals surface area contributed by atoms with Crippen LogP contribution in [0.5, 0.6) is 0 Å². The van der Waals surface area contributed by atoms with E-state index in [1.165, 1.54) is 5.56 Å². The zero-order chi connectivity index (χ0) is 14.7. The van der Waals surface area contributed by atoms with Crippen LogP contribution < -0.4 is 0 Å². The Labute approximate surface area is 121 Å². The van der Waals surface area contributed by atoms with E-state index in [0.29, 0.717) is 6.42 Å². The smallest absolute Gasteiger partial charge is 0.0831 e. The molecule has 1 N–H and O–H groups in total. The van der Waals surface area contributed by atoms with E-state index in [1.807, 2.05) is 30.8 Å². The highest BCUT2D eigenvalue weighted by Crippen LogP contribution is 2.23.